The number of imide groups is 2. The maximum absolute atomic E-state index is 13.3. The van der Waals surface area contributed by atoms with Crippen molar-refractivity contribution < 1.29 is 18.8 Å². The molecule has 0 spiro atoms. The molecule has 0 atom stereocenters. The number of anilines is 1. The molecule has 0 unspecified atom stereocenters. The standard InChI is InChI=1S/C17H10ClFN2O3/c18-11-4-6-13(7-5-11)21-16(23)14(15(22)20-17(21)24)9-10-2-1-3-12(19)8-10/h1-9H,(H,20,22,24). The largest absolute Gasteiger partial charge is 0.335 e. The van der Waals surface area contributed by atoms with E-state index in [1.807, 2.05) is 0 Å². The summed E-state index contributed by atoms with van der Waals surface area (Å²) in [6.45, 7) is 0. The van der Waals surface area contributed by atoms with Crippen LogP contribution >= 0.6 is 11.6 Å². The highest BCUT2D eigenvalue weighted by molar-refractivity contribution is 6.39. The summed E-state index contributed by atoms with van der Waals surface area (Å²) in [6.07, 6.45) is 1.23. The van der Waals surface area contributed by atoms with Crippen LogP contribution in [0, 0.1) is 5.82 Å². The predicted octanol–water partition coefficient (Wildman–Crippen LogP) is 3.15. The number of benzene rings is 2. The Hall–Kier alpha value is -2.99. The molecule has 0 aromatic heterocycles. The number of nitrogens with zero attached hydrogens (tertiary/aromatic N) is 1. The van der Waals surface area contributed by atoms with Crippen LogP contribution < -0.4 is 10.2 Å². The van der Waals surface area contributed by atoms with Gasteiger partial charge < -0.3 is 0 Å². The van der Waals surface area contributed by atoms with Crippen molar-refractivity contribution in [3.05, 3.63) is 70.5 Å². The Morgan fingerprint density at radius 2 is 1.75 bits per heavy atom. The van der Waals surface area contributed by atoms with Gasteiger partial charge in [0.2, 0.25) is 0 Å². The van der Waals surface area contributed by atoms with Crippen molar-refractivity contribution in [1.82, 2.24) is 5.32 Å². The second-order valence-corrected chi connectivity index (χ2v) is 5.43. The minimum absolute atomic E-state index is 0.263. The Labute approximate surface area is 141 Å². The molecule has 2 aromatic rings. The van der Waals surface area contributed by atoms with E-state index in [2.05, 4.69) is 5.32 Å². The average Bonchev–Trinajstić information content (AvgIpc) is 2.53. The second kappa shape index (κ2) is 6.25. The Morgan fingerprint density at radius 3 is 2.42 bits per heavy atom. The fraction of sp³-hybridized carbons (Fsp3) is 0. The molecule has 7 heteroatoms. The van der Waals surface area contributed by atoms with Gasteiger partial charge in [0.15, 0.2) is 0 Å². The lowest BCUT2D eigenvalue weighted by Crippen LogP contribution is -2.54. The number of amides is 4. The van der Waals surface area contributed by atoms with Crippen LogP contribution in [-0.4, -0.2) is 17.8 Å². The van der Waals surface area contributed by atoms with E-state index in [1.54, 1.807) is 6.07 Å². The second-order valence-electron chi connectivity index (χ2n) is 4.99. The summed E-state index contributed by atoms with van der Waals surface area (Å²) in [5.74, 6) is -2.13. The molecular formula is C17H10ClFN2O3. The van der Waals surface area contributed by atoms with Crippen LogP contribution in [-0.2, 0) is 9.59 Å². The van der Waals surface area contributed by atoms with Crippen LogP contribution in [0.2, 0.25) is 5.02 Å². The summed E-state index contributed by atoms with van der Waals surface area (Å²) in [6, 6.07) is 10.6. The summed E-state index contributed by atoms with van der Waals surface area (Å²) in [5.41, 5.74) is 0.327. The molecule has 1 saturated heterocycles. The van der Waals surface area contributed by atoms with Crippen LogP contribution in [0.3, 0.4) is 0 Å². The van der Waals surface area contributed by atoms with E-state index < -0.39 is 23.7 Å². The fourth-order valence-electron chi connectivity index (χ4n) is 2.25. The molecule has 1 N–H and O–H groups in total. The molecular weight excluding hydrogens is 335 g/mol. The Kier molecular flexibility index (Phi) is 4.14. The molecule has 1 heterocycles. The number of halogens is 2. The maximum Gasteiger partial charge on any atom is 0.335 e. The molecule has 120 valence electrons. The van der Waals surface area contributed by atoms with Crippen molar-refractivity contribution in [1.29, 1.82) is 0 Å². The van der Waals surface area contributed by atoms with Crippen molar-refractivity contribution in [2.75, 3.05) is 4.90 Å². The third-order valence-electron chi connectivity index (χ3n) is 3.35. The molecule has 5 nitrogen and oxygen atoms in total. The lowest BCUT2D eigenvalue weighted by atomic mass is 10.1. The monoisotopic (exact) mass is 344 g/mol. The number of rotatable bonds is 2. The molecule has 1 aliphatic heterocycles. The summed E-state index contributed by atoms with van der Waals surface area (Å²) in [5, 5.41) is 2.53. The van der Waals surface area contributed by atoms with Crippen LogP contribution in [0.15, 0.2) is 54.1 Å². The number of barbiturate groups is 1. The van der Waals surface area contributed by atoms with E-state index in [9.17, 15) is 18.8 Å². The summed E-state index contributed by atoms with van der Waals surface area (Å²) in [4.78, 5) is 37.4. The zero-order valence-corrected chi connectivity index (χ0v) is 12.9. The number of urea groups is 1. The van der Waals surface area contributed by atoms with Crippen LogP contribution in [0.4, 0.5) is 14.9 Å². The zero-order valence-electron chi connectivity index (χ0n) is 12.1. The van der Waals surface area contributed by atoms with Crippen LogP contribution in [0.5, 0.6) is 0 Å². The molecule has 0 radical (unpaired) electrons. The van der Waals surface area contributed by atoms with Crippen molar-refractivity contribution >= 4 is 41.2 Å². The van der Waals surface area contributed by atoms with Crippen molar-refractivity contribution in [3.63, 3.8) is 0 Å². The van der Waals surface area contributed by atoms with Crippen molar-refractivity contribution in [2.24, 2.45) is 0 Å². The van der Waals surface area contributed by atoms with E-state index in [-0.39, 0.29) is 11.3 Å². The Morgan fingerprint density at radius 1 is 1.04 bits per heavy atom. The normalized spacial score (nSPS) is 16.5. The van der Waals surface area contributed by atoms with Gasteiger partial charge in [-0.15, -0.1) is 0 Å². The lowest BCUT2D eigenvalue weighted by Gasteiger charge is -2.26. The number of carbonyl (C=O) groups excluding carboxylic acids is 3. The highest BCUT2D eigenvalue weighted by Gasteiger charge is 2.36. The van der Waals surface area contributed by atoms with Crippen molar-refractivity contribution in [2.45, 2.75) is 0 Å². The number of carbonyl (C=O) groups is 3. The number of hydrogen-bond acceptors (Lipinski definition) is 3. The molecule has 4 amide bonds. The summed E-state index contributed by atoms with van der Waals surface area (Å²) < 4.78 is 13.3. The van der Waals surface area contributed by atoms with Crippen LogP contribution in [0.1, 0.15) is 5.56 Å². The van der Waals surface area contributed by atoms with Gasteiger partial charge in [-0.1, -0.05) is 23.7 Å². The van der Waals surface area contributed by atoms with Gasteiger partial charge in [-0.3, -0.25) is 14.9 Å². The summed E-state index contributed by atoms with van der Waals surface area (Å²) in [7, 11) is 0. The van der Waals surface area contributed by atoms with Crippen molar-refractivity contribution in [3.8, 4) is 0 Å². The molecule has 0 saturated carbocycles. The molecule has 0 bridgehead atoms. The third-order valence-corrected chi connectivity index (χ3v) is 3.60. The van der Waals surface area contributed by atoms with Crippen LogP contribution in [0.25, 0.3) is 6.08 Å². The van der Waals surface area contributed by atoms with Gasteiger partial charge in [0.1, 0.15) is 11.4 Å². The first-order chi connectivity index (χ1) is 11.5. The van der Waals surface area contributed by atoms with E-state index in [1.165, 1.54) is 48.5 Å². The van der Waals surface area contributed by atoms with Gasteiger partial charge in [-0.2, -0.15) is 0 Å². The molecule has 0 aliphatic carbocycles. The van der Waals surface area contributed by atoms with Gasteiger partial charge >= 0.3 is 6.03 Å². The van der Waals surface area contributed by atoms with Gasteiger partial charge in [0, 0.05) is 5.02 Å². The minimum atomic E-state index is -0.858. The molecule has 1 aliphatic rings. The number of hydrogen-bond donors (Lipinski definition) is 1. The first kappa shape index (κ1) is 15.9. The van der Waals surface area contributed by atoms with E-state index in [0.29, 0.717) is 10.6 Å². The topological polar surface area (TPSA) is 66.5 Å². The Balaban J connectivity index is 2.01. The molecule has 24 heavy (non-hydrogen) atoms. The highest BCUT2D eigenvalue weighted by atomic mass is 35.5. The van der Waals surface area contributed by atoms with E-state index in [0.717, 1.165) is 4.90 Å². The molecule has 1 fully saturated rings. The first-order valence-corrected chi connectivity index (χ1v) is 7.26. The highest BCUT2D eigenvalue weighted by Crippen LogP contribution is 2.23. The van der Waals surface area contributed by atoms with Gasteiger partial charge in [-0.05, 0) is 48.0 Å². The quantitative estimate of drug-likeness (QED) is 0.672. The lowest BCUT2D eigenvalue weighted by molar-refractivity contribution is -0.122. The first-order valence-electron chi connectivity index (χ1n) is 6.88. The fourth-order valence-corrected chi connectivity index (χ4v) is 2.37. The SMILES string of the molecule is O=C1NC(=O)N(c2ccc(Cl)cc2)C(=O)C1=Cc1cccc(F)c1. The molecule has 3 rings (SSSR count). The van der Waals surface area contributed by atoms with Gasteiger partial charge in [0.25, 0.3) is 11.8 Å². The van der Waals surface area contributed by atoms with Gasteiger partial charge in [0.05, 0.1) is 5.69 Å². The Bertz CT molecular complexity index is 878. The molecule has 2 aromatic carbocycles. The summed E-state index contributed by atoms with van der Waals surface area (Å²) >= 11 is 5.79. The van der Waals surface area contributed by atoms with Gasteiger partial charge in [-0.25, -0.2) is 14.1 Å². The average molecular weight is 345 g/mol. The minimum Gasteiger partial charge on any atom is -0.273 e. The smallest absolute Gasteiger partial charge is 0.273 e. The third kappa shape index (κ3) is 3.04. The van der Waals surface area contributed by atoms with E-state index in [4.69, 9.17) is 11.6 Å². The maximum atomic E-state index is 13.3. The predicted molar refractivity (Wildman–Crippen MR) is 86.9 cm³/mol. The zero-order chi connectivity index (χ0) is 17.3. The number of nitrogens with one attached hydrogen (secondary N) is 1. The van der Waals surface area contributed by atoms with E-state index >= 15 is 0 Å².